The number of rotatable bonds is 4. The lowest BCUT2D eigenvalue weighted by molar-refractivity contribution is -0.146. The molecule has 4 nitrogen and oxygen atoms in total. The Balaban J connectivity index is 1.43. The van der Waals surface area contributed by atoms with Crippen molar-refractivity contribution in [3.8, 4) is 0 Å². The van der Waals surface area contributed by atoms with Crippen LogP contribution in [0.3, 0.4) is 0 Å². The number of likely N-dealkylation sites (tertiary alicyclic amines) is 2. The summed E-state index contributed by atoms with van der Waals surface area (Å²) in [5.74, 6) is -1.30. The lowest BCUT2D eigenvalue weighted by Gasteiger charge is -2.39. The quantitative estimate of drug-likeness (QED) is 0.826. The molecule has 2 saturated heterocycles. The van der Waals surface area contributed by atoms with Crippen LogP contribution in [-0.2, 0) is 16.0 Å². The van der Waals surface area contributed by atoms with Gasteiger partial charge >= 0.3 is 0 Å². The van der Waals surface area contributed by atoms with Crippen molar-refractivity contribution in [1.29, 1.82) is 0 Å². The number of hydrogen-bond donors (Lipinski definition) is 0. The summed E-state index contributed by atoms with van der Waals surface area (Å²) in [6.07, 6.45) is 4.70. The van der Waals surface area contributed by atoms with Crippen LogP contribution < -0.4 is 0 Å². The van der Waals surface area contributed by atoms with E-state index in [2.05, 4.69) is 0 Å². The number of carbonyl (C=O) groups is 2. The molecular weight excluding hydrogens is 338 g/mol. The highest BCUT2D eigenvalue weighted by atomic mass is 19.2. The SMILES string of the molecule is O=C(Cc1cccc(F)c1F)N1CCC2(CCCN(CC3CC3)C2=O)C1. The highest BCUT2D eigenvalue weighted by molar-refractivity contribution is 5.86. The van der Waals surface area contributed by atoms with Crippen LogP contribution in [-0.4, -0.2) is 47.8 Å². The van der Waals surface area contributed by atoms with Crippen molar-refractivity contribution in [1.82, 2.24) is 9.80 Å². The van der Waals surface area contributed by atoms with Gasteiger partial charge in [-0.3, -0.25) is 9.59 Å². The second-order valence-corrected chi connectivity index (χ2v) is 8.03. The molecule has 26 heavy (non-hydrogen) atoms. The van der Waals surface area contributed by atoms with Crippen LogP contribution in [0.1, 0.15) is 37.7 Å². The molecular formula is C20H24F2N2O2. The van der Waals surface area contributed by atoms with Gasteiger partial charge in [0.25, 0.3) is 0 Å². The summed E-state index contributed by atoms with van der Waals surface area (Å²) < 4.78 is 27.2. The smallest absolute Gasteiger partial charge is 0.230 e. The largest absolute Gasteiger partial charge is 0.342 e. The van der Waals surface area contributed by atoms with Gasteiger partial charge < -0.3 is 9.80 Å². The van der Waals surface area contributed by atoms with Crippen molar-refractivity contribution in [3.05, 3.63) is 35.4 Å². The highest BCUT2D eigenvalue weighted by Gasteiger charge is 2.49. The minimum atomic E-state index is -0.959. The second kappa shape index (κ2) is 6.63. The standard InChI is InChI=1S/C20H24F2N2O2/c21-16-4-1-3-15(18(16)22)11-17(25)24-10-8-20(13-24)7-2-9-23(19(20)26)12-14-5-6-14/h1,3-4,14H,2,5-13H2. The van der Waals surface area contributed by atoms with Gasteiger partial charge in [-0.2, -0.15) is 0 Å². The second-order valence-electron chi connectivity index (χ2n) is 8.03. The van der Waals surface area contributed by atoms with E-state index >= 15 is 0 Å². The first kappa shape index (κ1) is 17.4. The zero-order valence-electron chi connectivity index (χ0n) is 14.8. The summed E-state index contributed by atoms with van der Waals surface area (Å²) in [6.45, 7) is 2.59. The fraction of sp³-hybridized carbons (Fsp3) is 0.600. The zero-order valence-corrected chi connectivity index (χ0v) is 14.8. The van der Waals surface area contributed by atoms with Gasteiger partial charge in [-0.15, -0.1) is 0 Å². The first-order chi connectivity index (χ1) is 12.5. The number of benzene rings is 1. The molecule has 0 radical (unpaired) electrons. The summed E-state index contributed by atoms with van der Waals surface area (Å²) in [5, 5.41) is 0. The van der Waals surface area contributed by atoms with Crippen molar-refractivity contribution < 1.29 is 18.4 Å². The molecule has 1 saturated carbocycles. The average Bonchev–Trinajstić information content (AvgIpc) is 3.34. The third-order valence-electron chi connectivity index (χ3n) is 6.08. The van der Waals surface area contributed by atoms with Crippen molar-refractivity contribution in [3.63, 3.8) is 0 Å². The van der Waals surface area contributed by atoms with Crippen LogP contribution in [0.25, 0.3) is 0 Å². The molecule has 2 aliphatic heterocycles. The van der Waals surface area contributed by atoms with Gasteiger partial charge in [0.1, 0.15) is 0 Å². The van der Waals surface area contributed by atoms with Gasteiger partial charge in [0.05, 0.1) is 11.8 Å². The van der Waals surface area contributed by atoms with E-state index in [9.17, 15) is 18.4 Å². The Morgan fingerprint density at radius 1 is 1.19 bits per heavy atom. The molecule has 1 spiro atoms. The van der Waals surface area contributed by atoms with Gasteiger partial charge in [-0.25, -0.2) is 8.78 Å². The molecule has 0 N–H and O–H groups in total. The fourth-order valence-corrected chi connectivity index (χ4v) is 4.36. The fourth-order valence-electron chi connectivity index (χ4n) is 4.36. The van der Waals surface area contributed by atoms with Crippen molar-refractivity contribution in [2.75, 3.05) is 26.2 Å². The van der Waals surface area contributed by atoms with Gasteiger partial charge in [0.2, 0.25) is 11.8 Å². The lowest BCUT2D eigenvalue weighted by Crippen LogP contribution is -2.51. The summed E-state index contributed by atoms with van der Waals surface area (Å²) in [7, 11) is 0. The van der Waals surface area contributed by atoms with E-state index in [4.69, 9.17) is 0 Å². The summed E-state index contributed by atoms with van der Waals surface area (Å²) in [6, 6.07) is 3.89. The Morgan fingerprint density at radius 3 is 2.77 bits per heavy atom. The number of amides is 2. The lowest BCUT2D eigenvalue weighted by atomic mass is 9.78. The number of piperidine rings is 1. The third kappa shape index (κ3) is 3.21. The van der Waals surface area contributed by atoms with E-state index in [1.165, 1.54) is 25.0 Å². The van der Waals surface area contributed by atoms with Crippen LogP contribution in [0.15, 0.2) is 18.2 Å². The molecule has 2 amide bonds. The van der Waals surface area contributed by atoms with E-state index in [1.54, 1.807) is 4.90 Å². The molecule has 4 rings (SSSR count). The summed E-state index contributed by atoms with van der Waals surface area (Å²) >= 11 is 0. The molecule has 1 aliphatic carbocycles. The third-order valence-corrected chi connectivity index (χ3v) is 6.08. The van der Waals surface area contributed by atoms with E-state index in [1.807, 2.05) is 4.90 Å². The topological polar surface area (TPSA) is 40.6 Å². The minimum Gasteiger partial charge on any atom is -0.342 e. The van der Waals surface area contributed by atoms with Crippen LogP contribution in [0.5, 0.6) is 0 Å². The number of carbonyl (C=O) groups excluding carboxylic acids is 2. The summed E-state index contributed by atoms with van der Waals surface area (Å²) in [4.78, 5) is 29.3. The Labute approximate surface area is 152 Å². The Bertz CT molecular complexity index is 735. The molecule has 1 unspecified atom stereocenters. The van der Waals surface area contributed by atoms with E-state index in [0.29, 0.717) is 25.4 Å². The number of hydrogen-bond acceptors (Lipinski definition) is 2. The van der Waals surface area contributed by atoms with Gasteiger partial charge in [-0.05, 0) is 44.1 Å². The molecule has 0 bridgehead atoms. The van der Waals surface area contributed by atoms with Crippen LogP contribution in [0, 0.1) is 23.0 Å². The molecule has 3 aliphatic rings. The average molecular weight is 362 g/mol. The first-order valence-corrected chi connectivity index (χ1v) is 9.48. The van der Waals surface area contributed by atoms with E-state index in [-0.39, 0.29) is 23.8 Å². The predicted molar refractivity (Wildman–Crippen MR) is 92.2 cm³/mol. The normalized spacial score (nSPS) is 26.0. The monoisotopic (exact) mass is 362 g/mol. The Morgan fingerprint density at radius 2 is 2.00 bits per heavy atom. The molecule has 140 valence electrons. The maximum Gasteiger partial charge on any atom is 0.230 e. The molecule has 6 heteroatoms. The van der Waals surface area contributed by atoms with Crippen molar-refractivity contribution in [2.45, 2.75) is 38.5 Å². The maximum absolute atomic E-state index is 13.8. The molecule has 1 aromatic carbocycles. The Hall–Kier alpha value is -1.98. The van der Waals surface area contributed by atoms with Gasteiger partial charge in [-0.1, -0.05) is 12.1 Å². The van der Waals surface area contributed by atoms with E-state index < -0.39 is 17.0 Å². The van der Waals surface area contributed by atoms with Crippen LogP contribution >= 0.6 is 0 Å². The molecule has 3 fully saturated rings. The highest BCUT2D eigenvalue weighted by Crippen LogP contribution is 2.41. The van der Waals surface area contributed by atoms with Gasteiger partial charge in [0.15, 0.2) is 11.6 Å². The predicted octanol–water partition coefficient (Wildman–Crippen LogP) is 2.76. The van der Waals surface area contributed by atoms with Crippen LogP contribution in [0.2, 0.25) is 0 Å². The van der Waals surface area contributed by atoms with Crippen molar-refractivity contribution >= 4 is 11.8 Å². The van der Waals surface area contributed by atoms with Crippen LogP contribution in [0.4, 0.5) is 8.78 Å². The first-order valence-electron chi connectivity index (χ1n) is 9.48. The number of halogens is 2. The molecule has 1 aromatic rings. The summed E-state index contributed by atoms with van der Waals surface area (Å²) in [5.41, 5.74) is -0.398. The van der Waals surface area contributed by atoms with Gasteiger partial charge in [0, 0.05) is 31.7 Å². The van der Waals surface area contributed by atoms with Crippen molar-refractivity contribution in [2.24, 2.45) is 11.3 Å². The molecule has 0 aromatic heterocycles. The Kier molecular flexibility index (Phi) is 4.45. The number of nitrogens with zero attached hydrogens (tertiary/aromatic N) is 2. The molecule has 2 heterocycles. The van der Waals surface area contributed by atoms with E-state index in [0.717, 1.165) is 32.0 Å². The maximum atomic E-state index is 13.8. The minimum absolute atomic E-state index is 0.0706. The molecule has 1 atom stereocenters. The zero-order chi connectivity index (χ0) is 18.3.